The average molecular weight is 348 g/mol. The van der Waals surface area contributed by atoms with E-state index >= 15 is 0 Å². The molecule has 1 fully saturated rings. The summed E-state index contributed by atoms with van der Waals surface area (Å²) in [5.41, 5.74) is 6.35. The first-order valence-electron chi connectivity index (χ1n) is 6.13. The van der Waals surface area contributed by atoms with Crippen molar-refractivity contribution in [2.45, 2.75) is 18.9 Å². The number of pyridine rings is 1. The predicted molar refractivity (Wildman–Crippen MR) is 79.2 cm³/mol. The second kappa shape index (κ2) is 6.65. The number of aromatic nitrogens is 1. The molecule has 0 bridgehead atoms. The van der Waals surface area contributed by atoms with Crippen molar-refractivity contribution in [1.82, 2.24) is 9.88 Å². The highest BCUT2D eigenvalue weighted by Crippen LogP contribution is 2.22. The summed E-state index contributed by atoms with van der Waals surface area (Å²) in [6, 6.07) is 2.00. The van der Waals surface area contributed by atoms with E-state index in [1.807, 2.05) is 0 Å². The molecule has 0 atom stereocenters. The molecule has 0 aromatic carbocycles. The quantitative estimate of drug-likeness (QED) is 0.819. The molecule has 0 radical (unpaired) electrons. The second-order valence-corrected chi connectivity index (χ2v) is 5.93. The van der Waals surface area contributed by atoms with Crippen LogP contribution in [0.3, 0.4) is 0 Å². The molecule has 2 heterocycles. The van der Waals surface area contributed by atoms with Crippen LogP contribution in [-0.2, 0) is 4.79 Å². The van der Waals surface area contributed by atoms with Crippen molar-refractivity contribution in [1.29, 1.82) is 0 Å². The van der Waals surface area contributed by atoms with Crippen molar-refractivity contribution in [3.63, 3.8) is 0 Å². The van der Waals surface area contributed by atoms with Crippen LogP contribution >= 0.6 is 27.5 Å². The number of likely N-dealkylation sites (tertiary alicyclic amines) is 1. The van der Waals surface area contributed by atoms with Gasteiger partial charge in [-0.05, 0) is 34.8 Å². The zero-order chi connectivity index (χ0) is 13.8. The molecule has 1 aromatic rings. The van der Waals surface area contributed by atoms with Gasteiger partial charge >= 0.3 is 0 Å². The first-order chi connectivity index (χ1) is 9.04. The van der Waals surface area contributed by atoms with Crippen LogP contribution in [0.2, 0.25) is 5.15 Å². The summed E-state index contributed by atoms with van der Waals surface area (Å²) in [6.07, 6.45) is 3.46. The number of carbonyl (C=O) groups is 1. The highest BCUT2D eigenvalue weighted by Gasteiger charge is 2.18. The van der Waals surface area contributed by atoms with E-state index in [0.717, 1.165) is 30.4 Å². The van der Waals surface area contributed by atoms with E-state index < -0.39 is 0 Å². The Morgan fingerprint density at radius 3 is 2.95 bits per heavy atom. The molecule has 0 spiro atoms. The molecule has 5 nitrogen and oxygen atoms in total. The Morgan fingerprint density at radius 1 is 1.58 bits per heavy atom. The highest BCUT2D eigenvalue weighted by molar-refractivity contribution is 9.10. The number of hydrogen-bond acceptors (Lipinski definition) is 4. The minimum absolute atomic E-state index is 0.0859. The Morgan fingerprint density at radius 2 is 2.26 bits per heavy atom. The molecule has 2 rings (SSSR count). The number of piperidine rings is 1. The van der Waals surface area contributed by atoms with E-state index in [1.165, 1.54) is 0 Å². The lowest BCUT2D eigenvalue weighted by atomic mass is 10.1. The van der Waals surface area contributed by atoms with E-state index in [1.54, 1.807) is 12.3 Å². The molecule has 104 valence electrons. The number of hydrogen-bond donors (Lipinski definition) is 2. The van der Waals surface area contributed by atoms with Gasteiger partial charge < -0.3 is 11.1 Å². The lowest BCUT2D eigenvalue weighted by Gasteiger charge is -2.29. The van der Waals surface area contributed by atoms with Gasteiger partial charge in [-0.2, -0.15) is 0 Å². The van der Waals surface area contributed by atoms with Crippen LogP contribution in [0.4, 0.5) is 5.69 Å². The molecule has 1 saturated heterocycles. The molecule has 0 unspecified atom stereocenters. The number of nitrogens with two attached hydrogens (primary N) is 1. The Bertz CT molecular complexity index is 463. The van der Waals surface area contributed by atoms with E-state index in [0.29, 0.717) is 12.2 Å². The van der Waals surface area contributed by atoms with Crippen LogP contribution in [0.25, 0.3) is 0 Å². The molecular formula is C12H16BrClN4O. The lowest BCUT2D eigenvalue weighted by Crippen LogP contribution is -2.43. The molecule has 1 amide bonds. The smallest absolute Gasteiger partial charge is 0.238 e. The fourth-order valence-electron chi connectivity index (χ4n) is 2.01. The SMILES string of the molecule is NC1CCN(CC(=O)Nc2cc(Br)cnc2Cl)CC1. The standard InChI is InChI=1S/C12H16BrClN4O/c13-8-5-10(12(14)16-6-8)17-11(19)7-18-3-1-9(15)2-4-18/h5-6,9H,1-4,7,15H2,(H,17,19). The first-order valence-corrected chi connectivity index (χ1v) is 7.30. The number of anilines is 1. The van der Waals surface area contributed by atoms with Crippen molar-refractivity contribution < 1.29 is 4.79 Å². The van der Waals surface area contributed by atoms with Crippen molar-refractivity contribution >= 4 is 39.1 Å². The number of nitrogens with zero attached hydrogens (tertiary/aromatic N) is 2. The average Bonchev–Trinajstić information content (AvgIpc) is 2.37. The maximum atomic E-state index is 11.9. The topological polar surface area (TPSA) is 71.2 Å². The molecule has 3 N–H and O–H groups in total. The summed E-state index contributed by atoms with van der Waals surface area (Å²) >= 11 is 9.22. The molecule has 1 aliphatic rings. The third-order valence-electron chi connectivity index (χ3n) is 3.08. The number of rotatable bonds is 3. The molecular weight excluding hydrogens is 332 g/mol. The number of nitrogens with one attached hydrogen (secondary N) is 1. The minimum Gasteiger partial charge on any atom is -0.328 e. The van der Waals surface area contributed by atoms with Gasteiger partial charge in [0.05, 0.1) is 12.2 Å². The van der Waals surface area contributed by atoms with Crippen molar-refractivity contribution in [3.05, 3.63) is 21.9 Å². The largest absolute Gasteiger partial charge is 0.328 e. The van der Waals surface area contributed by atoms with Crippen LogP contribution in [0.15, 0.2) is 16.7 Å². The lowest BCUT2D eigenvalue weighted by molar-refractivity contribution is -0.117. The van der Waals surface area contributed by atoms with Crippen LogP contribution in [0.5, 0.6) is 0 Å². The fourth-order valence-corrected chi connectivity index (χ4v) is 2.50. The van der Waals surface area contributed by atoms with Gasteiger partial charge in [-0.15, -0.1) is 0 Å². The Balaban J connectivity index is 1.89. The molecule has 19 heavy (non-hydrogen) atoms. The summed E-state index contributed by atoms with van der Waals surface area (Å²) in [5.74, 6) is -0.0859. The predicted octanol–water partition coefficient (Wildman–Crippen LogP) is 1.86. The monoisotopic (exact) mass is 346 g/mol. The van der Waals surface area contributed by atoms with E-state index in [2.05, 4.69) is 31.1 Å². The number of amides is 1. The maximum Gasteiger partial charge on any atom is 0.238 e. The zero-order valence-corrected chi connectivity index (χ0v) is 12.7. The van der Waals surface area contributed by atoms with Crippen LogP contribution < -0.4 is 11.1 Å². The van der Waals surface area contributed by atoms with Gasteiger partial charge in [-0.25, -0.2) is 4.98 Å². The molecule has 7 heteroatoms. The molecule has 1 aliphatic heterocycles. The summed E-state index contributed by atoms with van der Waals surface area (Å²) < 4.78 is 0.774. The second-order valence-electron chi connectivity index (χ2n) is 4.65. The molecule has 1 aromatic heterocycles. The minimum atomic E-state index is -0.0859. The van der Waals surface area contributed by atoms with Crippen molar-refractivity contribution in [2.24, 2.45) is 5.73 Å². The molecule has 0 aliphatic carbocycles. The van der Waals surface area contributed by atoms with Crippen LogP contribution in [-0.4, -0.2) is 41.5 Å². The maximum absolute atomic E-state index is 11.9. The summed E-state index contributed by atoms with van der Waals surface area (Å²) in [7, 11) is 0. The van der Waals surface area contributed by atoms with Gasteiger partial charge in [0, 0.05) is 29.8 Å². The Labute approximate surface area is 125 Å². The number of halogens is 2. The van der Waals surface area contributed by atoms with Crippen molar-refractivity contribution in [2.75, 3.05) is 25.0 Å². The van der Waals surface area contributed by atoms with Gasteiger partial charge in [0.1, 0.15) is 0 Å². The fraction of sp³-hybridized carbons (Fsp3) is 0.500. The van der Waals surface area contributed by atoms with Crippen LogP contribution in [0, 0.1) is 0 Å². The summed E-state index contributed by atoms with van der Waals surface area (Å²) in [6.45, 7) is 2.08. The summed E-state index contributed by atoms with van der Waals surface area (Å²) in [4.78, 5) is 18.0. The van der Waals surface area contributed by atoms with Gasteiger partial charge in [0.25, 0.3) is 0 Å². The van der Waals surface area contributed by atoms with Gasteiger partial charge in [0.2, 0.25) is 5.91 Å². The van der Waals surface area contributed by atoms with Gasteiger partial charge in [-0.3, -0.25) is 9.69 Å². The van der Waals surface area contributed by atoms with E-state index in [-0.39, 0.29) is 17.1 Å². The van der Waals surface area contributed by atoms with Crippen LogP contribution in [0.1, 0.15) is 12.8 Å². The van der Waals surface area contributed by atoms with E-state index in [4.69, 9.17) is 17.3 Å². The first kappa shape index (κ1) is 14.7. The highest BCUT2D eigenvalue weighted by atomic mass is 79.9. The Hall–Kier alpha value is -0.690. The Kier molecular flexibility index (Phi) is 5.15. The normalized spacial score (nSPS) is 17.4. The molecule has 0 saturated carbocycles. The van der Waals surface area contributed by atoms with Crippen molar-refractivity contribution in [3.8, 4) is 0 Å². The van der Waals surface area contributed by atoms with Gasteiger partial charge in [-0.1, -0.05) is 11.6 Å². The number of carbonyl (C=O) groups excluding carboxylic acids is 1. The van der Waals surface area contributed by atoms with E-state index in [9.17, 15) is 4.79 Å². The third kappa shape index (κ3) is 4.42. The summed E-state index contributed by atoms with van der Waals surface area (Å²) in [5, 5.41) is 3.06. The van der Waals surface area contributed by atoms with Gasteiger partial charge in [0.15, 0.2) is 5.15 Å². The third-order valence-corrected chi connectivity index (χ3v) is 3.81. The zero-order valence-electron chi connectivity index (χ0n) is 10.4.